The van der Waals surface area contributed by atoms with E-state index in [0.717, 1.165) is 31.5 Å². The van der Waals surface area contributed by atoms with Crippen LogP contribution in [-0.2, 0) is 19.4 Å². The van der Waals surface area contributed by atoms with Crippen LogP contribution in [0.5, 0.6) is 0 Å². The maximum Gasteiger partial charge on any atom is 0.0871 e. The molecule has 0 saturated carbocycles. The van der Waals surface area contributed by atoms with Gasteiger partial charge in [0.1, 0.15) is 0 Å². The van der Waals surface area contributed by atoms with Gasteiger partial charge in [0, 0.05) is 13.0 Å². The van der Waals surface area contributed by atoms with Gasteiger partial charge in [-0.3, -0.25) is 0 Å². The molecule has 1 aromatic rings. The van der Waals surface area contributed by atoms with Gasteiger partial charge in [0.05, 0.1) is 11.4 Å². The Bertz CT molecular complexity index is 293. The minimum absolute atomic E-state index is 0.657. The zero-order valence-corrected chi connectivity index (χ0v) is 10.6. The van der Waals surface area contributed by atoms with E-state index >= 15 is 0 Å². The molecule has 2 N–H and O–H groups in total. The third-order valence-corrected chi connectivity index (χ3v) is 2.76. The van der Waals surface area contributed by atoms with Gasteiger partial charge in [-0.1, -0.05) is 38.3 Å². The molecule has 0 radical (unpaired) electrons. The summed E-state index contributed by atoms with van der Waals surface area (Å²) < 4.78 is 2.07. The summed E-state index contributed by atoms with van der Waals surface area (Å²) in [6, 6.07) is 0. The zero-order valence-electron chi connectivity index (χ0n) is 10.6. The molecule has 0 atom stereocenters. The van der Waals surface area contributed by atoms with Crippen LogP contribution < -0.4 is 5.73 Å². The van der Waals surface area contributed by atoms with Crippen LogP contribution in [-0.4, -0.2) is 21.5 Å². The van der Waals surface area contributed by atoms with Crippen molar-refractivity contribution in [1.82, 2.24) is 15.0 Å². The molecule has 0 bridgehead atoms. The molecular formula is C12H24N4. The molecule has 4 heteroatoms. The van der Waals surface area contributed by atoms with Crippen LogP contribution >= 0.6 is 0 Å². The molecule has 92 valence electrons. The molecule has 0 saturated heterocycles. The van der Waals surface area contributed by atoms with E-state index in [2.05, 4.69) is 28.8 Å². The summed E-state index contributed by atoms with van der Waals surface area (Å²) in [6.45, 7) is 6.06. The van der Waals surface area contributed by atoms with Crippen molar-refractivity contribution >= 4 is 0 Å². The summed E-state index contributed by atoms with van der Waals surface area (Å²) in [5, 5.41) is 8.47. The van der Waals surface area contributed by atoms with Crippen LogP contribution in [0.1, 0.15) is 50.9 Å². The first kappa shape index (κ1) is 13.2. The van der Waals surface area contributed by atoms with Gasteiger partial charge in [0.25, 0.3) is 0 Å². The highest BCUT2D eigenvalue weighted by Crippen LogP contribution is 2.10. The van der Waals surface area contributed by atoms with Crippen molar-refractivity contribution in [2.75, 3.05) is 6.54 Å². The van der Waals surface area contributed by atoms with Gasteiger partial charge < -0.3 is 5.73 Å². The van der Waals surface area contributed by atoms with E-state index in [9.17, 15) is 0 Å². The van der Waals surface area contributed by atoms with Gasteiger partial charge >= 0.3 is 0 Å². The Morgan fingerprint density at radius 1 is 1.12 bits per heavy atom. The van der Waals surface area contributed by atoms with Crippen LogP contribution in [0.25, 0.3) is 0 Å². The lowest BCUT2D eigenvalue weighted by atomic mass is 10.1. The number of rotatable bonds is 8. The second-order valence-corrected chi connectivity index (χ2v) is 4.20. The first-order valence-electron chi connectivity index (χ1n) is 6.44. The Balaban J connectivity index is 2.66. The fraction of sp³-hybridized carbons (Fsp3) is 0.833. The molecule has 0 aliphatic carbocycles. The first-order chi connectivity index (χ1) is 7.83. The predicted molar refractivity (Wildman–Crippen MR) is 66.3 cm³/mol. The van der Waals surface area contributed by atoms with Crippen molar-refractivity contribution in [3.8, 4) is 0 Å². The molecule has 0 aromatic carbocycles. The SMILES string of the molecule is CCCCCn1nnc(CCN)c1CCC. The lowest BCUT2D eigenvalue weighted by molar-refractivity contribution is 0.518. The normalized spacial score (nSPS) is 10.9. The number of hydrogen-bond donors (Lipinski definition) is 1. The highest BCUT2D eigenvalue weighted by Gasteiger charge is 2.10. The summed E-state index contributed by atoms with van der Waals surface area (Å²) in [5.41, 5.74) is 7.97. The fourth-order valence-electron chi connectivity index (χ4n) is 1.90. The average molecular weight is 224 g/mol. The van der Waals surface area contributed by atoms with E-state index in [-0.39, 0.29) is 0 Å². The van der Waals surface area contributed by atoms with Crippen LogP contribution in [0.4, 0.5) is 0 Å². The number of nitrogens with zero attached hydrogens (tertiary/aromatic N) is 3. The topological polar surface area (TPSA) is 56.7 Å². The van der Waals surface area contributed by atoms with Gasteiger partial charge in [0.15, 0.2) is 0 Å². The minimum atomic E-state index is 0.657. The monoisotopic (exact) mass is 224 g/mol. The second kappa shape index (κ2) is 7.39. The maximum atomic E-state index is 5.58. The summed E-state index contributed by atoms with van der Waals surface area (Å²) in [5.74, 6) is 0. The van der Waals surface area contributed by atoms with Crippen molar-refractivity contribution in [3.05, 3.63) is 11.4 Å². The third kappa shape index (κ3) is 3.59. The van der Waals surface area contributed by atoms with Crippen molar-refractivity contribution in [2.45, 2.75) is 58.9 Å². The van der Waals surface area contributed by atoms with Gasteiger partial charge in [0.2, 0.25) is 0 Å². The van der Waals surface area contributed by atoms with E-state index in [1.165, 1.54) is 25.0 Å². The smallest absolute Gasteiger partial charge is 0.0871 e. The maximum absolute atomic E-state index is 5.58. The highest BCUT2D eigenvalue weighted by atomic mass is 15.4. The minimum Gasteiger partial charge on any atom is -0.330 e. The highest BCUT2D eigenvalue weighted by molar-refractivity contribution is 5.10. The lowest BCUT2D eigenvalue weighted by Gasteiger charge is -2.06. The molecule has 16 heavy (non-hydrogen) atoms. The number of nitrogens with two attached hydrogens (primary N) is 1. The molecule has 1 aromatic heterocycles. The summed E-state index contributed by atoms with van der Waals surface area (Å²) in [4.78, 5) is 0. The molecule has 0 spiro atoms. The standard InChI is InChI=1S/C12H24N4/c1-3-5-6-10-16-12(7-4-2)11(8-9-13)14-15-16/h3-10,13H2,1-2H3. The van der Waals surface area contributed by atoms with E-state index < -0.39 is 0 Å². The van der Waals surface area contributed by atoms with Crippen molar-refractivity contribution < 1.29 is 0 Å². The third-order valence-electron chi connectivity index (χ3n) is 2.76. The van der Waals surface area contributed by atoms with Crippen LogP contribution in [0, 0.1) is 0 Å². The Labute approximate surface area is 98.2 Å². The molecule has 0 fully saturated rings. The molecule has 0 amide bonds. The first-order valence-corrected chi connectivity index (χ1v) is 6.44. The Hall–Kier alpha value is -0.900. The Morgan fingerprint density at radius 2 is 1.94 bits per heavy atom. The van der Waals surface area contributed by atoms with Gasteiger partial charge in [-0.15, -0.1) is 5.10 Å². The quantitative estimate of drug-likeness (QED) is 0.686. The van der Waals surface area contributed by atoms with Crippen molar-refractivity contribution in [2.24, 2.45) is 5.73 Å². The lowest BCUT2D eigenvalue weighted by Crippen LogP contribution is -2.09. The molecule has 4 nitrogen and oxygen atoms in total. The molecule has 0 aliphatic heterocycles. The summed E-state index contributed by atoms with van der Waals surface area (Å²) in [7, 11) is 0. The van der Waals surface area contributed by atoms with E-state index in [1.54, 1.807) is 0 Å². The molecule has 1 rings (SSSR count). The number of aryl methyl sites for hydroxylation is 1. The van der Waals surface area contributed by atoms with Crippen molar-refractivity contribution in [3.63, 3.8) is 0 Å². The molecule has 1 heterocycles. The number of hydrogen-bond acceptors (Lipinski definition) is 3. The Kier molecular flexibility index (Phi) is 6.08. The average Bonchev–Trinajstić information content (AvgIpc) is 2.64. The molecule has 0 aliphatic rings. The molecule has 0 unspecified atom stereocenters. The predicted octanol–water partition coefficient (Wildman–Crippen LogP) is 1.92. The van der Waals surface area contributed by atoms with Gasteiger partial charge in [-0.2, -0.15) is 0 Å². The van der Waals surface area contributed by atoms with Crippen LogP contribution in [0.15, 0.2) is 0 Å². The second-order valence-electron chi connectivity index (χ2n) is 4.20. The van der Waals surface area contributed by atoms with Crippen LogP contribution in [0.3, 0.4) is 0 Å². The summed E-state index contributed by atoms with van der Waals surface area (Å²) in [6.07, 6.45) is 6.75. The molecular weight excluding hydrogens is 200 g/mol. The zero-order chi connectivity index (χ0) is 11.8. The fourth-order valence-corrected chi connectivity index (χ4v) is 1.90. The summed E-state index contributed by atoms with van der Waals surface area (Å²) >= 11 is 0. The largest absolute Gasteiger partial charge is 0.330 e. The van der Waals surface area contributed by atoms with Crippen LogP contribution in [0.2, 0.25) is 0 Å². The number of aromatic nitrogens is 3. The van der Waals surface area contributed by atoms with Gasteiger partial charge in [-0.05, 0) is 19.4 Å². The van der Waals surface area contributed by atoms with Crippen molar-refractivity contribution in [1.29, 1.82) is 0 Å². The van der Waals surface area contributed by atoms with E-state index in [1.807, 2.05) is 0 Å². The van der Waals surface area contributed by atoms with E-state index in [0.29, 0.717) is 6.54 Å². The van der Waals surface area contributed by atoms with E-state index in [4.69, 9.17) is 5.73 Å². The number of unbranched alkanes of at least 4 members (excludes halogenated alkanes) is 2. The Morgan fingerprint density at radius 3 is 2.56 bits per heavy atom. The van der Waals surface area contributed by atoms with Gasteiger partial charge in [-0.25, -0.2) is 4.68 Å².